The number of methoxy groups -OCH3 is 2. The minimum Gasteiger partial charge on any atom is -0.497 e. The van der Waals surface area contributed by atoms with Gasteiger partial charge in [0, 0.05) is 41.5 Å². The van der Waals surface area contributed by atoms with Crippen LogP contribution in [0, 0.1) is 0 Å². The molecule has 2 aromatic heterocycles. The number of primary amides is 1. The molecule has 0 aliphatic carbocycles. The number of ether oxygens (including phenoxy) is 2. The number of rotatable bonds is 9. The summed E-state index contributed by atoms with van der Waals surface area (Å²) in [6.07, 6.45) is 0. The second-order valence-corrected chi connectivity index (χ2v) is 8.64. The summed E-state index contributed by atoms with van der Waals surface area (Å²) >= 11 is 0. The lowest BCUT2D eigenvalue weighted by molar-refractivity contribution is 0.100. The van der Waals surface area contributed by atoms with Crippen LogP contribution in [0.5, 0.6) is 11.5 Å². The van der Waals surface area contributed by atoms with E-state index in [4.69, 9.17) is 25.9 Å². The molecule has 0 aliphatic heterocycles. The SMILES string of the molecule is COc1cc(Nc2nc(NCC(C)(C)N)n3c(-c4ccccc4)nnc3c2C(N)=O)cc(OC)c1.Cl. The Bertz CT molecular complexity index is 1350. The van der Waals surface area contributed by atoms with E-state index in [1.54, 1.807) is 36.8 Å². The zero-order valence-electron chi connectivity index (χ0n) is 20.4. The average Bonchev–Trinajstić information content (AvgIpc) is 3.27. The standard InChI is InChI=1S/C24H28N8O3.ClH/c1-24(2,26)13-27-23-29-20(28-15-10-16(34-3)12-17(11-15)35-4)18(19(25)33)22-31-30-21(32(22)23)14-8-6-5-7-9-14;/h5-12,28H,13,26H2,1-4H3,(H2,25,33)(H,27,29);1H. The van der Waals surface area contributed by atoms with Crippen molar-refractivity contribution in [2.45, 2.75) is 19.4 Å². The van der Waals surface area contributed by atoms with Crippen LogP contribution in [0.1, 0.15) is 24.2 Å². The number of fused-ring (bicyclic) bond motifs is 1. The van der Waals surface area contributed by atoms with E-state index in [-0.39, 0.29) is 29.4 Å². The minimum absolute atomic E-state index is 0. The van der Waals surface area contributed by atoms with E-state index < -0.39 is 11.4 Å². The number of anilines is 3. The Kier molecular flexibility index (Phi) is 7.86. The Morgan fingerprint density at radius 1 is 1.06 bits per heavy atom. The lowest BCUT2D eigenvalue weighted by atomic mass is 10.1. The molecule has 4 aromatic rings. The van der Waals surface area contributed by atoms with Gasteiger partial charge in [-0.1, -0.05) is 30.3 Å². The third-order valence-electron chi connectivity index (χ3n) is 5.15. The lowest BCUT2D eigenvalue weighted by Gasteiger charge is -2.21. The Morgan fingerprint density at radius 3 is 2.25 bits per heavy atom. The second-order valence-electron chi connectivity index (χ2n) is 8.64. The number of amides is 1. The number of hydrogen-bond acceptors (Lipinski definition) is 9. The summed E-state index contributed by atoms with van der Waals surface area (Å²) in [6.45, 7) is 4.17. The summed E-state index contributed by atoms with van der Waals surface area (Å²) in [5.41, 5.74) is 13.2. The van der Waals surface area contributed by atoms with Crippen LogP contribution in [0.3, 0.4) is 0 Å². The molecule has 36 heavy (non-hydrogen) atoms. The first-order chi connectivity index (χ1) is 16.7. The number of aromatic nitrogens is 4. The first-order valence-electron chi connectivity index (χ1n) is 10.9. The highest BCUT2D eigenvalue weighted by atomic mass is 35.5. The summed E-state index contributed by atoms with van der Waals surface area (Å²) in [4.78, 5) is 17.3. The fourth-order valence-corrected chi connectivity index (χ4v) is 3.50. The van der Waals surface area contributed by atoms with Crippen molar-refractivity contribution in [3.63, 3.8) is 0 Å². The molecular weight excluding hydrogens is 484 g/mol. The van der Waals surface area contributed by atoms with Gasteiger partial charge < -0.3 is 31.6 Å². The molecule has 2 heterocycles. The number of nitrogens with one attached hydrogen (secondary N) is 2. The fraction of sp³-hybridized carbons (Fsp3) is 0.250. The van der Waals surface area contributed by atoms with Crippen molar-refractivity contribution in [1.29, 1.82) is 0 Å². The summed E-state index contributed by atoms with van der Waals surface area (Å²) < 4.78 is 12.4. The number of halogens is 1. The maximum Gasteiger partial charge on any atom is 0.256 e. The first-order valence-corrected chi connectivity index (χ1v) is 10.9. The Balaban J connectivity index is 0.00000361. The van der Waals surface area contributed by atoms with Gasteiger partial charge in [0.25, 0.3) is 5.91 Å². The smallest absolute Gasteiger partial charge is 0.256 e. The van der Waals surface area contributed by atoms with E-state index in [9.17, 15) is 4.79 Å². The highest BCUT2D eigenvalue weighted by Gasteiger charge is 2.24. The molecule has 12 heteroatoms. The van der Waals surface area contributed by atoms with Gasteiger partial charge in [0.15, 0.2) is 17.3 Å². The van der Waals surface area contributed by atoms with Crippen molar-refractivity contribution < 1.29 is 14.3 Å². The molecule has 0 saturated carbocycles. The van der Waals surface area contributed by atoms with E-state index in [1.807, 2.05) is 44.2 Å². The van der Waals surface area contributed by atoms with Gasteiger partial charge in [-0.25, -0.2) is 4.40 Å². The molecular formula is C24H29ClN8O3. The molecule has 0 fully saturated rings. The maximum atomic E-state index is 12.6. The average molecular weight is 513 g/mol. The number of nitrogens with zero attached hydrogens (tertiary/aromatic N) is 4. The van der Waals surface area contributed by atoms with E-state index in [2.05, 4.69) is 20.8 Å². The van der Waals surface area contributed by atoms with Crippen molar-refractivity contribution in [1.82, 2.24) is 19.6 Å². The second kappa shape index (κ2) is 10.7. The first kappa shape index (κ1) is 26.5. The molecule has 0 atom stereocenters. The molecule has 11 nitrogen and oxygen atoms in total. The quantitative estimate of drug-likeness (QED) is 0.264. The van der Waals surface area contributed by atoms with Crippen LogP contribution in [0.25, 0.3) is 17.0 Å². The number of benzene rings is 2. The molecule has 0 bridgehead atoms. The minimum atomic E-state index is -0.711. The third-order valence-corrected chi connectivity index (χ3v) is 5.15. The van der Waals surface area contributed by atoms with Gasteiger partial charge in [-0.3, -0.25) is 4.79 Å². The Morgan fingerprint density at radius 2 is 1.69 bits per heavy atom. The van der Waals surface area contributed by atoms with Crippen LogP contribution in [0.2, 0.25) is 0 Å². The number of carbonyl (C=O) groups is 1. The zero-order valence-corrected chi connectivity index (χ0v) is 21.2. The van der Waals surface area contributed by atoms with Crippen LogP contribution < -0.4 is 31.6 Å². The van der Waals surface area contributed by atoms with Crippen molar-refractivity contribution in [2.75, 3.05) is 31.4 Å². The van der Waals surface area contributed by atoms with Crippen LogP contribution >= 0.6 is 12.4 Å². The number of carbonyl (C=O) groups excluding carboxylic acids is 1. The maximum absolute atomic E-state index is 12.6. The molecule has 0 saturated heterocycles. The molecule has 0 unspecified atom stereocenters. The van der Waals surface area contributed by atoms with Crippen molar-refractivity contribution in [2.24, 2.45) is 11.5 Å². The van der Waals surface area contributed by atoms with Crippen LogP contribution in [-0.2, 0) is 0 Å². The number of hydrogen-bond donors (Lipinski definition) is 4. The summed E-state index contributed by atoms with van der Waals surface area (Å²) in [5.74, 6) is 1.51. The predicted molar refractivity (Wildman–Crippen MR) is 142 cm³/mol. The zero-order chi connectivity index (χ0) is 25.2. The van der Waals surface area contributed by atoms with Gasteiger partial charge in [-0.05, 0) is 13.8 Å². The highest BCUT2D eigenvalue weighted by molar-refractivity contribution is 6.04. The van der Waals surface area contributed by atoms with Gasteiger partial charge in [-0.2, -0.15) is 4.98 Å². The monoisotopic (exact) mass is 512 g/mol. The normalized spacial score (nSPS) is 11.0. The van der Waals surface area contributed by atoms with Crippen LogP contribution in [0.15, 0.2) is 48.5 Å². The van der Waals surface area contributed by atoms with Crippen molar-refractivity contribution in [3.05, 3.63) is 54.1 Å². The fourth-order valence-electron chi connectivity index (χ4n) is 3.50. The van der Waals surface area contributed by atoms with Gasteiger partial charge in [0.05, 0.1) is 14.2 Å². The molecule has 0 radical (unpaired) electrons. The molecule has 1 amide bonds. The van der Waals surface area contributed by atoms with E-state index in [1.165, 1.54) is 0 Å². The van der Waals surface area contributed by atoms with Crippen LogP contribution in [-0.4, -0.2) is 51.8 Å². The van der Waals surface area contributed by atoms with E-state index in [0.717, 1.165) is 5.56 Å². The third kappa shape index (κ3) is 5.58. The van der Waals surface area contributed by atoms with Crippen LogP contribution in [0.4, 0.5) is 17.5 Å². The molecule has 2 aromatic carbocycles. The highest BCUT2D eigenvalue weighted by Crippen LogP contribution is 2.32. The molecule has 190 valence electrons. The lowest BCUT2D eigenvalue weighted by Crippen LogP contribution is -2.40. The summed E-state index contributed by atoms with van der Waals surface area (Å²) in [5, 5.41) is 15.1. The molecule has 0 aliphatic rings. The molecule has 6 N–H and O–H groups in total. The van der Waals surface area contributed by atoms with Crippen molar-refractivity contribution >= 4 is 41.4 Å². The van der Waals surface area contributed by atoms with Gasteiger partial charge in [0.2, 0.25) is 5.95 Å². The Hall–Kier alpha value is -4.09. The van der Waals surface area contributed by atoms with Gasteiger partial charge in [0.1, 0.15) is 17.1 Å². The Labute approximate surface area is 214 Å². The van der Waals surface area contributed by atoms with Gasteiger partial charge in [-0.15, -0.1) is 22.6 Å². The summed E-state index contributed by atoms with van der Waals surface area (Å²) in [6, 6.07) is 14.7. The van der Waals surface area contributed by atoms with E-state index in [0.29, 0.717) is 35.5 Å². The van der Waals surface area contributed by atoms with Gasteiger partial charge >= 0.3 is 0 Å². The summed E-state index contributed by atoms with van der Waals surface area (Å²) in [7, 11) is 3.10. The number of nitrogens with two attached hydrogens (primary N) is 2. The topological polar surface area (TPSA) is 155 Å². The largest absolute Gasteiger partial charge is 0.497 e. The predicted octanol–water partition coefficient (Wildman–Crippen LogP) is 3.22. The van der Waals surface area contributed by atoms with E-state index >= 15 is 0 Å². The molecule has 0 spiro atoms. The molecule has 4 rings (SSSR count). The van der Waals surface area contributed by atoms with Crippen molar-refractivity contribution in [3.8, 4) is 22.9 Å².